The zero-order valence-electron chi connectivity index (χ0n) is 13.5. The van der Waals surface area contributed by atoms with Crippen molar-refractivity contribution < 1.29 is 13.9 Å². The van der Waals surface area contributed by atoms with Crippen molar-refractivity contribution in [3.63, 3.8) is 0 Å². The molecule has 0 radical (unpaired) electrons. The predicted molar refractivity (Wildman–Crippen MR) is 90.4 cm³/mol. The van der Waals surface area contributed by atoms with Crippen molar-refractivity contribution in [2.24, 2.45) is 4.99 Å². The van der Waals surface area contributed by atoms with Gasteiger partial charge in [0.25, 0.3) is 11.9 Å². The molecule has 0 heterocycles. The highest BCUT2D eigenvalue weighted by molar-refractivity contribution is 6.04. The van der Waals surface area contributed by atoms with E-state index in [-0.39, 0.29) is 23.8 Å². The van der Waals surface area contributed by atoms with E-state index in [0.717, 1.165) is 19.3 Å². The number of halogens is 1. The average molecular weight is 326 g/mol. The Hall–Kier alpha value is -2.69. The SMILES string of the molecule is COC(=N[C@H]1CCCc2ccccc21)NC(=O)c1ccc(F)cc1. The fourth-order valence-electron chi connectivity index (χ4n) is 2.91. The molecule has 0 aliphatic heterocycles. The Morgan fingerprint density at radius 2 is 1.96 bits per heavy atom. The first-order valence-electron chi connectivity index (χ1n) is 7.94. The molecule has 0 saturated carbocycles. The molecule has 2 aromatic rings. The monoisotopic (exact) mass is 326 g/mol. The Morgan fingerprint density at radius 1 is 1.21 bits per heavy atom. The summed E-state index contributed by atoms with van der Waals surface area (Å²) < 4.78 is 18.2. The largest absolute Gasteiger partial charge is 0.468 e. The molecular weight excluding hydrogens is 307 g/mol. The number of nitrogens with zero attached hydrogens (tertiary/aromatic N) is 1. The van der Waals surface area contributed by atoms with Crippen LogP contribution in [0.3, 0.4) is 0 Å². The van der Waals surface area contributed by atoms with Gasteiger partial charge in [0.05, 0.1) is 13.2 Å². The molecule has 0 spiro atoms. The van der Waals surface area contributed by atoms with Gasteiger partial charge in [-0.05, 0) is 54.7 Å². The standard InChI is InChI=1S/C19H19FN2O2/c1-24-19(22-18(23)14-9-11-15(20)12-10-14)21-17-8-4-6-13-5-2-3-7-16(13)17/h2-3,5,7,9-12,17H,4,6,8H2,1H3,(H,21,22,23)/t17-/m0/s1. The van der Waals surface area contributed by atoms with Crippen LogP contribution in [-0.2, 0) is 11.2 Å². The van der Waals surface area contributed by atoms with Crippen molar-refractivity contribution in [1.29, 1.82) is 0 Å². The van der Waals surface area contributed by atoms with Crippen LogP contribution in [0.15, 0.2) is 53.5 Å². The van der Waals surface area contributed by atoms with Crippen LogP contribution < -0.4 is 5.32 Å². The number of carbonyl (C=O) groups excluding carboxylic acids is 1. The van der Waals surface area contributed by atoms with Gasteiger partial charge in [0, 0.05) is 5.56 Å². The van der Waals surface area contributed by atoms with Crippen LogP contribution in [0, 0.1) is 5.82 Å². The van der Waals surface area contributed by atoms with E-state index in [0.29, 0.717) is 5.56 Å². The smallest absolute Gasteiger partial charge is 0.292 e. The number of benzene rings is 2. The van der Waals surface area contributed by atoms with Gasteiger partial charge in [-0.1, -0.05) is 24.3 Å². The molecule has 3 rings (SSSR count). The molecule has 0 fully saturated rings. The molecule has 1 aliphatic rings. The van der Waals surface area contributed by atoms with E-state index >= 15 is 0 Å². The molecule has 5 heteroatoms. The van der Waals surface area contributed by atoms with Crippen molar-refractivity contribution in [2.75, 3.05) is 7.11 Å². The minimum atomic E-state index is -0.383. The first kappa shape index (κ1) is 16.2. The number of hydrogen-bond donors (Lipinski definition) is 1. The fourth-order valence-corrected chi connectivity index (χ4v) is 2.91. The highest BCUT2D eigenvalue weighted by atomic mass is 19.1. The van der Waals surface area contributed by atoms with Gasteiger partial charge in [-0.2, -0.15) is 0 Å². The lowest BCUT2D eigenvalue weighted by Crippen LogP contribution is -2.32. The minimum Gasteiger partial charge on any atom is -0.468 e. The average Bonchev–Trinajstić information content (AvgIpc) is 2.62. The Morgan fingerprint density at radius 3 is 2.71 bits per heavy atom. The summed E-state index contributed by atoms with van der Waals surface area (Å²) in [5.41, 5.74) is 2.82. The molecule has 4 nitrogen and oxygen atoms in total. The highest BCUT2D eigenvalue weighted by Gasteiger charge is 2.20. The number of hydrogen-bond acceptors (Lipinski definition) is 3. The summed E-state index contributed by atoms with van der Waals surface area (Å²) >= 11 is 0. The Balaban J connectivity index is 1.78. The number of aliphatic imine (C=N–C) groups is 1. The molecule has 24 heavy (non-hydrogen) atoms. The van der Waals surface area contributed by atoms with Crippen molar-refractivity contribution >= 4 is 11.9 Å². The number of amides is 1. The van der Waals surface area contributed by atoms with E-state index in [1.165, 1.54) is 42.5 Å². The first-order chi connectivity index (χ1) is 11.7. The fraction of sp³-hybridized carbons (Fsp3) is 0.263. The lowest BCUT2D eigenvalue weighted by atomic mass is 9.88. The van der Waals surface area contributed by atoms with E-state index in [2.05, 4.69) is 22.4 Å². The number of aryl methyl sites for hydroxylation is 1. The normalized spacial score (nSPS) is 17.1. The number of nitrogens with one attached hydrogen (secondary N) is 1. The van der Waals surface area contributed by atoms with Gasteiger partial charge in [-0.15, -0.1) is 0 Å². The molecule has 1 amide bonds. The molecule has 1 N–H and O–H groups in total. The van der Waals surface area contributed by atoms with Crippen LogP contribution in [0.4, 0.5) is 4.39 Å². The third-order valence-corrected chi connectivity index (χ3v) is 4.13. The minimum absolute atomic E-state index is 0.0292. The Kier molecular flexibility index (Phi) is 4.89. The van der Waals surface area contributed by atoms with Crippen LogP contribution in [0.1, 0.15) is 40.4 Å². The number of amidine groups is 1. The van der Waals surface area contributed by atoms with Gasteiger partial charge < -0.3 is 4.74 Å². The molecule has 1 aliphatic carbocycles. The molecule has 0 unspecified atom stereocenters. The van der Waals surface area contributed by atoms with Crippen LogP contribution in [0.25, 0.3) is 0 Å². The summed E-state index contributed by atoms with van der Waals surface area (Å²) in [6.07, 6.45) is 3.01. The van der Waals surface area contributed by atoms with Gasteiger partial charge in [0.1, 0.15) is 5.82 Å². The highest BCUT2D eigenvalue weighted by Crippen LogP contribution is 2.32. The van der Waals surface area contributed by atoms with Gasteiger partial charge in [0.15, 0.2) is 0 Å². The van der Waals surface area contributed by atoms with Gasteiger partial charge in [0.2, 0.25) is 0 Å². The molecular formula is C19H19FN2O2. The van der Waals surface area contributed by atoms with E-state index in [1.54, 1.807) is 0 Å². The van der Waals surface area contributed by atoms with Crippen molar-refractivity contribution in [1.82, 2.24) is 5.32 Å². The quantitative estimate of drug-likeness (QED) is 0.677. The lowest BCUT2D eigenvalue weighted by Gasteiger charge is -2.23. The summed E-state index contributed by atoms with van der Waals surface area (Å²) in [5.74, 6) is -0.759. The maximum absolute atomic E-state index is 12.9. The maximum Gasteiger partial charge on any atom is 0.292 e. The van der Waals surface area contributed by atoms with Crippen molar-refractivity contribution in [3.8, 4) is 0 Å². The van der Waals surface area contributed by atoms with E-state index in [1.807, 2.05) is 12.1 Å². The first-order valence-corrected chi connectivity index (χ1v) is 7.94. The van der Waals surface area contributed by atoms with Crippen LogP contribution >= 0.6 is 0 Å². The zero-order chi connectivity index (χ0) is 16.9. The molecule has 1 atom stereocenters. The number of ether oxygens (including phenoxy) is 1. The molecule has 0 bridgehead atoms. The Labute approximate surface area is 140 Å². The summed E-state index contributed by atoms with van der Waals surface area (Å²) in [6, 6.07) is 13.7. The second-order valence-electron chi connectivity index (χ2n) is 5.71. The Bertz CT molecular complexity index is 756. The van der Waals surface area contributed by atoms with Crippen LogP contribution in [0.5, 0.6) is 0 Å². The molecule has 2 aromatic carbocycles. The molecule has 0 saturated heterocycles. The van der Waals surface area contributed by atoms with Gasteiger partial charge in [-0.25, -0.2) is 9.38 Å². The number of fused-ring (bicyclic) bond motifs is 1. The number of carbonyl (C=O) groups is 1. The predicted octanol–water partition coefficient (Wildman–Crippen LogP) is 3.64. The summed E-state index contributed by atoms with van der Waals surface area (Å²) in [5, 5.41) is 2.65. The van der Waals surface area contributed by atoms with Crippen LogP contribution in [-0.4, -0.2) is 19.0 Å². The molecule has 0 aromatic heterocycles. The maximum atomic E-state index is 12.9. The van der Waals surface area contributed by atoms with Crippen molar-refractivity contribution in [3.05, 3.63) is 71.0 Å². The van der Waals surface area contributed by atoms with E-state index < -0.39 is 0 Å². The zero-order valence-corrected chi connectivity index (χ0v) is 13.5. The van der Waals surface area contributed by atoms with Crippen LogP contribution in [0.2, 0.25) is 0 Å². The second kappa shape index (κ2) is 7.25. The molecule has 124 valence electrons. The van der Waals surface area contributed by atoms with E-state index in [9.17, 15) is 9.18 Å². The van der Waals surface area contributed by atoms with Gasteiger partial charge >= 0.3 is 0 Å². The van der Waals surface area contributed by atoms with Crippen molar-refractivity contribution in [2.45, 2.75) is 25.3 Å². The number of methoxy groups -OCH3 is 1. The summed E-state index contributed by atoms with van der Waals surface area (Å²) in [6.45, 7) is 0. The number of rotatable bonds is 2. The van der Waals surface area contributed by atoms with Gasteiger partial charge in [-0.3, -0.25) is 10.1 Å². The third kappa shape index (κ3) is 3.62. The van der Waals surface area contributed by atoms with E-state index in [4.69, 9.17) is 4.74 Å². The summed E-state index contributed by atoms with van der Waals surface area (Å²) in [4.78, 5) is 16.8. The summed E-state index contributed by atoms with van der Waals surface area (Å²) in [7, 11) is 1.47. The second-order valence-corrected chi connectivity index (χ2v) is 5.71. The lowest BCUT2D eigenvalue weighted by molar-refractivity contribution is 0.0968. The topological polar surface area (TPSA) is 50.7 Å². The third-order valence-electron chi connectivity index (χ3n) is 4.13.